The van der Waals surface area contributed by atoms with Gasteiger partial charge < -0.3 is 18.3 Å². The van der Waals surface area contributed by atoms with E-state index in [-0.39, 0.29) is 10.1 Å². The molecule has 212 valence electrons. The van der Waals surface area contributed by atoms with Crippen LogP contribution in [0.3, 0.4) is 0 Å². The van der Waals surface area contributed by atoms with Gasteiger partial charge in [0.05, 0.1) is 7.11 Å². The van der Waals surface area contributed by atoms with Gasteiger partial charge in [-0.2, -0.15) is 4.98 Å². The van der Waals surface area contributed by atoms with Crippen molar-refractivity contribution in [2.24, 2.45) is 0 Å². The van der Waals surface area contributed by atoms with E-state index >= 15 is 0 Å². The highest BCUT2D eigenvalue weighted by Gasteiger charge is 2.40. The standard InChI is InChI=1S/C31H46N2O4Si2/c1-22-20-32-28(33-29(22)35-21-23-13-15-25(34-8)16-14-23)24-17-26(36-38(9,10)30(2,3)4)19-27(18-24)37-39(11,12)31(5,6)7/h13-20H,21H2,1-12H3. The molecular weight excluding hydrogens is 521 g/mol. The first-order valence-corrected chi connectivity index (χ1v) is 19.4. The third-order valence-corrected chi connectivity index (χ3v) is 16.7. The van der Waals surface area contributed by atoms with Crippen LogP contribution >= 0.6 is 0 Å². The van der Waals surface area contributed by atoms with E-state index in [2.05, 4.69) is 72.7 Å². The van der Waals surface area contributed by atoms with Crippen molar-refractivity contribution in [1.82, 2.24) is 9.97 Å². The molecule has 0 saturated carbocycles. The minimum Gasteiger partial charge on any atom is -0.543 e. The molecule has 1 aromatic heterocycles. The summed E-state index contributed by atoms with van der Waals surface area (Å²) in [4.78, 5) is 9.48. The van der Waals surface area contributed by atoms with Gasteiger partial charge in [0.1, 0.15) is 23.9 Å². The van der Waals surface area contributed by atoms with Gasteiger partial charge in [-0.1, -0.05) is 53.7 Å². The molecule has 1 heterocycles. The van der Waals surface area contributed by atoms with Crippen LogP contribution < -0.4 is 18.3 Å². The zero-order valence-corrected chi connectivity index (χ0v) is 27.9. The quantitative estimate of drug-likeness (QED) is 0.241. The second-order valence-corrected chi connectivity index (χ2v) is 22.7. The Morgan fingerprint density at radius 1 is 0.744 bits per heavy atom. The van der Waals surface area contributed by atoms with Crippen molar-refractivity contribution in [1.29, 1.82) is 0 Å². The zero-order chi connectivity index (χ0) is 29.2. The minimum absolute atomic E-state index is 0.0618. The van der Waals surface area contributed by atoms with E-state index in [9.17, 15) is 0 Å². The highest BCUT2D eigenvalue weighted by Crippen LogP contribution is 2.42. The molecule has 3 rings (SSSR count). The van der Waals surface area contributed by atoms with Gasteiger partial charge in [-0.15, -0.1) is 0 Å². The second-order valence-electron chi connectivity index (χ2n) is 13.2. The summed E-state index contributed by atoms with van der Waals surface area (Å²) in [5.41, 5.74) is 2.75. The van der Waals surface area contributed by atoms with E-state index < -0.39 is 16.6 Å². The number of ether oxygens (including phenoxy) is 2. The molecule has 3 aromatic rings. The highest BCUT2D eigenvalue weighted by molar-refractivity contribution is 6.75. The van der Waals surface area contributed by atoms with Crippen LogP contribution in [0.2, 0.25) is 36.3 Å². The SMILES string of the molecule is COc1ccc(COc2nc(-c3cc(O[Si](C)(C)C(C)(C)C)cc(O[Si](C)(C)C(C)(C)C)c3)ncc2C)cc1. The lowest BCUT2D eigenvalue weighted by Gasteiger charge is -2.38. The van der Waals surface area contributed by atoms with E-state index in [1.807, 2.05) is 49.4 Å². The van der Waals surface area contributed by atoms with Crippen LogP contribution in [0.5, 0.6) is 23.1 Å². The van der Waals surface area contributed by atoms with Gasteiger partial charge in [-0.25, -0.2) is 4.98 Å². The van der Waals surface area contributed by atoms with Crippen LogP contribution in [0, 0.1) is 6.92 Å². The van der Waals surface area contributed by atoms with Gasteiger partial charge in [-0.05, 0) is 73.0 Å². The van der Waals surface area contributed by atoms with Crippen molar-refractivity contribution in [3.05, 3.63) is 59.8 Å². The van der Waals surface area contributed by atoms with Crippen LogP contribution in [-0.4, -0.2) is 33.7 Å². The summed E-state index contributed by atoms with van der Waals surface area (Å²) < 4.78 is 24.8. The van der Waals surface area contributed by atoms with Crippen molar-refractivity contribution < 1.29 is 18.3 Å². The molecule has 0 radical (unpaired) electrons. The number of rotatable bonds is 9. The summed E-state index contributed by atoms with van der Waals surface area (Å²) in [5.74, 6) is 3.52. The fourth-order valence-corrected chi connectivity index (χ4v) is 5.33. The second kappa shape index (κ2) is 11.3. The Labute approximate surface area is 237 Å². The largest absolute Gasteiger partial charge is 0.543 e. The Balaban J connectivity index is 1.99. The number of aryl methyl sites for hydroxylation is 1. The molecule has 8 heteroatoms. The van der Waals surface area contributed by atoms with E-state index in [1.165, 1.54) is 0 Å². The first-order valence-electron chi connectivity index (χ1n) is 13.5. The third kappa shape index (κ3) is 7.63. The summed E-state index contributed by atoms with van der Waals surface area (Å²) >= 11 is 0. The van der Waals surface area contributed by atoms with Crippen LogP contribution in [0.15, 0.2) is 48.7 Å². The van der Waals surface area contributed by atoms with Crippen LogP contribution in [-0.2, 0) is 6.61 Å². The van der Waals surface area contributed by atoms with Crippen molar-refractivity contribution in [3.63, 3.8) is 0 Å². The maximum atomic E-state index is 6.72. The molecule has 0 amide bonds. The molecule has 39 heavy (non-hydrogen) atoms. The molecular formula is C31H46N2O4Si2. The lowest BCUT2D eigenvalue weighted by molar-refractivity contribution is 0.291. The fourth-order valence-electron chi connectivity index (χ4n) is 3.30. The Morgan fingerprint density at radius 3 is 1.72 bits per heavy atom. The van der Waals surface area contributed by atoms with E-state index in [1.54, 1.807) is 13.3 Å². The maximum absolute atomic E-state index is 6.72. The number of methoxy groups -OCH3 is 1. The van der Waals surface area contributed by atoms with Crippen LogP contribution in [0.4, 0.5) is 0 Å². The molecule has 0 atom stereocenters. The number of nitrogens with zero attached hydrogens (tertiary/aromatic N) is 2. The molecule has 0 aliphatic rings. The van der Waals surface area contributed by atoms with E-state index in [0.29, 0.717) is 18.3 Å². The molecule has 0 spiro atoms. The van der Waals surface area contributed by atoms with Gasteiger partial charge in [0.15, 0.2) is 5.82 Å². The van der Waals surface area contributed by atoms with Crippen molar-refractivity contribution in [3.8, 4) is 34.5 Å². The molecule has 6 nitrogen and oxygen atoms in total. The van der Waals surface area contributed by atoms with Gasteiger partial charge in [0, 0.05) is 23.4 Å². The Bertz CT molecular complexity index is 1230. The minimum atomic E-state index is -2.08. The lowest BCUT2D eigenvalue weighted by atomic mass is 10.2. The summed E-state index contributed by atoms with van der Waals surface area (Å²) in [7, 11) is -2.51. The smallest absolute Gasteiger partial charge is 0.250 e. The molecule has 2 aromatic carbocycles. The molecule has 0 aliphatic carbocycles. The Morgan fingerprint density at radius 2 is 1.26 bits per heavy atom. The first kappa shape index (κ1) is 30.7. The Hall–Kier alpha value is -2.85. The average molecular weight is 567 g/mol. The summed E-state index contributed by atoms with van der Waals surface area (Å²) in [6.07, 6.45) is 1.81. The van der Waals surface area contributed by atoms with E-state index in [0.717, 1.165) is 33.9 Å². The maximum Gasteiger partial charge on any atom is 0.250 e. The van der Waals surface area contributed by atoms with Gasteiger partial charge in [0.2, 0.25) is 22.5 Å². The zero-order valence-electron chi connectivity index (χ0n) is 25.9. The molecule has 0 saturated heterocycles. The average Bonchev–Trinajstić information content (AvgIpc) is 2.81. The lowest BCUT2D eigenvalue weighted by Crippen LogP contribution is -2.44. The molecule has 0 fully saturated rings. The first-order chi connectivity index (χ1) is 17.9. The summed E-state index contributed by atoms with van der Waals surface area (Å²) in [5, 5.41) is 0.124. The predicted octanol–water partition coefficient (Wildman–Crippen LogP) is 8.81. The monoisotopic (exact) mass is 566 g/mol. The molecule has 0 unspecified atom stereocenters. The normalized spacial score (nSPS) is 12.7. The number of aromatic nitrogens is 2. The summed E-state index contributed by atoms with van der Waals surface area (Å²) in [6.45, 7) is 24.8. The predicted molar refractivity (Wildman–Crippen MR) is 165 cm³/mol. The molecule has 0 aliphatic heterocycles. The van der Waals surface area contributed by atoms with Gasteiger partial charge >= 0.3 is 0 Å². The number of hydrogen-bond acceptors (Lipinski definition) is 6. The van der Waals surface area contributed by atoms with Crippen LogP contribution in [0.25, 0.3) is 11.4 Å². The topological polar surface area (TPSA) is 62.7 Å². The van der Waals surface area contributed by atoms with Crippen molar-refractivity contribution in [2.75, 3.05) is 7.11 Å². The molecule has 0 bridgehead atoms. The van der Waals surface area contributed by atoms with E-state index in [4.69, 9.17) is 23.3 Å². The molecule has 0 N–H and O–H groups in total. The number of benzene rings is 2. The Kier molecular flexibility index (Phi) is 8.92. The summed E-state index contributed by atoms with van der Waals surface area (Å²) in [6, 6.07) is 13.9. The fraction of sp³-hybridized carbons (Fsp3) is 0.484. The number of hydrogen-bond donors (Lipinski definition) is 0. The highest BCUT2D eigenvalue weighted by atomic mass is 28.4. The van der Waals surface area contributed by atoms with Gasteiger partial charge in [-0.3, -0.25) is 0 Å². The van der Waals surface area contributed by atoms with Gasteiger partial charge in [0.25, 0.3) is 0 Å². The van der Waals surface area contributed by atoms with Crippen molar-refractivity contribution in [2.45, 2.75) is 91.3 Å². The third-order valence-electron chi connectivity index (χ3n) is 7.96. The van der Waals surface area contributed by atoms with Crippen molar-refractivity contribution >= 4 is 16.6 Å². The van der Waals surface area contributed by atoms with Crippen LogP contribution in [0.1, 0.15) is 52.7 Å².